The van der Waals surface area contributed by atoms with E-state index in [2.05, 4.69) is 36.6 Å². The third-order valence-corrected chi connectivity index (χ3v) is 6.94. The standard InChI is InChI=1S/C30H41FN4OS.C2H6.CH4O/c1-5-13-23(6-2)28(24-14-9-7-10-15-24)29(33)30(36)34-18-11-8-12-19-35(21-22(3)4)37-25-16-17-27(32)26(31)20-25;2*1-2/h5-7,9-10,13-17,20,22,28-29H,1-2,8,11-12,18-19,21,32-33H2,3-4H3,(H,34,36);1-2H3;2H,1H3/b23-13+;;. The molecule has 0 aliphatic heterocycles. The molecule has 8 heteroatoms. The van der Waals surface area contributed by atoms with Gasteiger partial charge < -0.3 is 21.9 Å². The summed E-state index contributed by atoms with van der Waals surface area (Å²) in [5.74, 6) is -0.400. The first-order valence-electron chi connectivity index (χ1n) is 14.2. The third kappa shape index (κ3) is 14.5. The fourth-order valence-corrected chi connectivity index (χ4v) is 5.24. The average molecular weight is 587 g/mol. The molecule has 0 bridgehead atoms. The highest BCUT2D eigenvalue weighted by molar-refractivity contribution is 7.97. The lowest BCUT2D eigenvalue weighted by atomic mass is 9.84. The highest BCUT2D eigenvalue weighted by Gasteiger charge is 2.27. The van der Waals surface area contributed by atoms with Crippen LogP contribution in [0.5, 0.6) is 0 Å². The molecule has 2 rings (SSSR count). The van der Waals surface area contributed by atoms with Crippen molar-refractivity contribution in [1.82, 2.24) is 9.62 Å². The number of allylic oxidation sites excluding steroid dienone is 3. The zero-order chi connectivity index (χ0) is 31.2. The second-order valence-electron chi connectivity index (χ2n) is 9.43. The number of nitrogens with two attached hydrogens (primary N) is 2. The number of hydrogen-bond donors (Lipinski definition) is 4. The van der Waals surface area contributed by atoms with Crippen LogP contribution in [-0.2, 0) is 4.79 Å². The second-order valence-corrected chi connectivity index (χ2v) is 10.6. The van der Waals surface area contributed by atoms with Crippen molar-refractivity contribution in [3.63, 3.8) is 0 Å². The number of halogens is 1. The fraction of sp³-hybridized carbons (Fsp3) is 0.424. The summed E-state index contributed by atoms with van der Waals surface area (Å²) in [7, 11) is 1.00. The molecular weight excluding hydrogens is 535 g/mol. The highest BCUT2D eigenvalue weighted by Crippen LogP contribution is 2.29. The summed E-state index contributed by atoms with van der Waals surface area (Å²) in [4.78, 5) is 13.8. The maximum atomic E-state index is 13.8. The number of carbonyl (C=O) groups is 1. The number of unbranched alkanes of at least 4 members (excludes halogenated alkanes) is 2. The number of rotatable bonds is 16. The summed E-state index contributed by atoms with van der Waals surface area (Å²) in [6.45, 7) is 18.3. The molecule has 2 aromatic carbocycles. The highest BCUT2D eigenvalue weighted by atomic mass is 32.2. The normalized spacial score (nSPS) is 12.4. The first-order valence-corrected chi connectivity index (χ1v) is 15.0. The quantitative estimate of drug-likeness (QED) is 0.0755. The number of anilines is 1. The topological polar surface area (TPSA) is 105 Å². The van der Waals surface area contributed by atoms with Gasteiger partial charge in [-0.05, 0) is 60.0 Å². The van der Waals surface area contributed by atoms with E-state index in [9.17, 15) is 9.18 Å². The Hall–Kier alpha value is -2.91. The van der Waals surface area contributed by atoms with E-state index in [0.717, 1.165) is 55.5 Å². The monoisotopic (exact) mass is 586 g/mol. The van der Waals surface area contributed by atoms with E-state index in [1.807, 2.05) is 56.3 Å². The fourth-order valence-electron chi connectivity index (χ4n) is 4.07. The smallest absolute Gasteiger partial charge is 0.237 e. The lowest BCUT2D eigenvalue weighted by molar-refractivity contribution is -0.122. The van der Waals surface area contributed by atoms with Crippen LogP contribution in [0.1, 0.15) is 58.4 Å². The summed E-state index contributed by atoms with van der Waals surface area (Å²) < 4.78 is 16.1. The van der Waals surface area contributed by atoms with Crippen LogP contribution in [0.3, 0.4) is 0 Å². The van der Waals surface area contributed by atoms with Crippen LogP contribution in [0.15, 0.2) is 90.4 Å². The van der Waals surface area contributed by atoms with Crippen LogP contribution in [0.4, 0.5) is 10.1 Å². The number of benzene rings is 2. The molecule has 2 unspecified atom stereocenters. The van der Waals surface area contributed by atoms with Crippen LogP contribution >= 0.6 is 11.9 Å². The first-order chi connectivity index (χ1) is 19.8. The Morgan fingerprint density at radius 1 is 1.10 bits per heavy atom. The van der Waals surface area contributed by atoms with E-state index in [-0.39, 0.29) is 17.5 Å². The van der Waals surface area contributed by atoms with Crippen molar-refractivity contribution < 1.29 is 14.3 Å². The minimum atomic E-state index is -0.746. The lowest BCUT2D eigenvalue weighted by Gasteiger charge is -2.25. The lowest BCUT2D eigenvalue weighted by Crippen LogP contribution is -2.45. The molecule has 0 heterocycles. The van der Waals surface area contributed by atoms with Crippen LogP contribution in [0.2, 0.25) is 0 Å². The summed E-state index contributed by atoms with van der Waals surface area (Å²) in [6, 6.07) is 13.9. The van der Waals surface area contributed by atoms with Gasteiger partial charge in [0.2, 0.25) is 5.91 Å². The van der Waals surface area contributed by atoms with E-state index in [4.69, 9.17) is 16.6 Å². The van der Waals surface area contributed by atoms with Crippen molar-refractivity contribution in [1.29, 1.82) is 0 Å². The molecule has 0 aliphatic carbocycles. The largest absolute Gasteiger partial charge is 0.400 e. The number of aliphatic hydroxyl groups is 1. The van der Waals surface area contributed by atoms with E-state index < -0.39 is 11.9 Å². The van der Waals surface area contributed by atoms with Gasteiger partial charge in [0.05, 0.1) is 11.7 Å². The second kappa shape index (κ2) is 22.7. The Morgan fingerprint density at radius 2 is 1.76 bits per heavy atom. The molecule has 0 radical (unpaired) electrons. The summed E-state index contributed by atoms with van der Waals surface area (Å²) >= 11 is 1.55. The molecule has 2 aromatic rings. The zero-order valence-corrected chi connectivity index (χ0v) is 26.3. The summed E-state index contributed by atoms with van der Waals surface area (Å²) in [5, 5.41) is 10.0. The van der Waals surface area contributed by atoms with Crippen molar-refractivity contribution in [3.05, 3.63) is 96.9 Å². The number of nitrogen functional groups attached to an aromatic ring is 1. The summed E-state index contributed by atoms with van der Waals surface area (Å²) in [6.07, 6.45) is 8.03. The number of nitrogens with zero attached hydrogens (tertiary/aromatic N) is 1. The molecule has 228 valence electrons. The minimum absolute atomic E-state index is 0.161. The van der Waals surface area contributed by atoms with Gasteiger partial charge in [-0.25, -0.2) is 8.70 Å². The zero-order valence-electron chi connectivity index (χ0n) is 25.5. The van der Waals surface area contributed by atoms with Crippen LogP contribution in [0, 0.1) is 11.7 Å². The van der Waals surface area contributed by atoms with Crippen LogP contribution in [-0.4, -0.2) is 48.1 Å². The molecule has 1 amide bonds. The number of aliphatic hydroxyl groups excluding tert-OH is 1. The van der Waals surface area contributed by atoms with Gasteiger partial charge in [-0.15, -0.1) is 0 Å². The predicted octanol–water partition coefficient (Wildman–Crippen LogP) is 6.70. The molecule has 41 heavy (non-hydrogen) atoms. The average Bonchev–Trinajstić information content (AvgIpc) is 2.98. The molecule has 6 nitrogen and oxygen atoms in total. The van der Waals surface area contributed by atoms with Crippen molar-refractivity contribution in [2.45, 2.75) is 63.8 Å². The number of carbonyl (C=O) groups excluding carboxylic acids is 1. The van der Waals surface area contributed by atoms with Crippen molar-refractivity contribution >= 4 is 23.5 Å². The predicted molar refractivity (Wildman–Crippen MR) is 175 cm³/mol. The van der Waals surface area contributed by atoms with E-state index >= 15 is 0 Å². The van der Waals surface area contributed by atoms with Crippen LogP contribution in [0.25, 0.3) is 0 Å². The van der Waals surface area contributed by atoms with Gasteiger partial charge in [-0.1, -0.05) is 95.8 Å². The molecular formula is C33H51FN4O2S. The molecule has 0 saturated carbocycles. The molecule has 2 atom stereocenters. The van der Waals surface area contributed by atoms with Gasteiger partial charge in [0.25, 0.3) is 0 Å². The van der Waals surface area contributed by atoms with Crippen molar-refractivity contribution in [3.8, 4) is 0 Å². The third-order valence-electron chi connectivity index (χ3n) is 5.88. The van der Waals surface area contributed by atoms with Crippen LogP contribution < -0.4 is 16.8 Å². The Kier molecular flexibility index (Phi) is 21.1. The molecule has 0 saturated heterocycles. The molecule has 0 aliphatic rings. The molecule has 0 fully saturated rings. The van der Waals surface area contributed by atoms with E-state index in [1.54, 1.807) is 30.2 Å². The number of amides is 1. The van der Waals surface area contributed by atoms with Gasteiger partial charge in [0, 0.05) is 37.6 Å². The molecule has 0 spiro atoms. The van der Waals surface area contributed by atoms with Gasteiger partial charge in [0.1, 0.15) is 5.82 Å². The minimum Gasteiger partial charge on any atom is -0.400 e. The number of hydrogen-bond acceptors (Lipinski definition) is 6. The number of nitrogens with one attached hydrogen (secondary N) is 1. The first kappa shape index (κ1) is 38.1. The maximum Gasteiger partial charge on any atom is 0.237 e. The summed E-state index contributed by atoms with van der Waals surface area (Å²) in [5.41, 5.74) is 14.0. The van der Waals surface area contributed by atoms with Gasteiger partial charge in [0.15, 0.2) is 0 Å². The van der Waals surface area contributed by atoms with E-state index in [0.29, 0.717) is 12.5 Å². The SMILES string of the molecule is C=C/C=C(\C=C)C(c1ccccc1)C(N)C(=O)NCCCCCN(CC(C)C)Sc1ccc(N)c(F)c1.CC.CO. The van der Waals surface area contributed by atoms with Gasteiger partial charge in [-0.2, -0.15) is 0 Å². The molecule has 0 aromatic heterocycles. The maximum absolute atomic E-state index is 13.8. The Labute approximate surface area is 251 Å². The van der Waals surface area contributed by atoms with E-state index in [1.165, 1.54) is 6.07 Å². The Bertz CT molecular complexity index is 1050. The Morgan fingerprint density at radius 3 is 2.32 bits per heavy atom. The van der Waals surface area contributed by atoms with Gasteiger partial charge >= 0.3 is 0 Å². The van der Waals surface area contributed by atoms with Crippen molar-refractivity contribution in [2.75, 3.05) is 32.5 Å². The van der Waals surface area contributed by atoms with Crippen molar-refractivity contribution in [2.24, 2.45) is 11.7 Å². The Balaban J connectivity index is 0.00000382. The van der Waals surface area contributed by atoms with Gasteiger partial charge in [-0.3, -0.25) is 4.79 Å². The molecule has 6 N–H and O–H groups in total.